The lowest BCUT2D eigenvalue weighted by atomic mass is 10.1. The van der Waals surface area contributed by atoms with Crippen LogP contribution in [0.5, 0.6) is 0 Å². The number of pyridine rings is 1. The van der Waals surface area contributed by atoms with Crippen molar-refractivity contribution in [2.24, 2.45) is 11.7 Å². The fraction of sp³-hybridized carbons (Fsp3) is 0.545. The van der Waals surface area contributed by atoms with Crippen molar-refractivity contribution < 1.29 is 4.92 Å². The van der Waals surface area contributed by atoms with E-state index in [0.29, 0.717) is 11.5 Å². The van der Waals surface area contributed by atoms with Crippen molar-refractivity contribution in [2.45, 2.75) is 19.9 Å². The van der Waals surface area contributed by atoms with Crippen LogP contribution >= 0.6 is 0 Å². The standard InChI is InChI=1S/C11H16N4O2/c1-7-3-11(13-4-10(7)15(16)17)14-5-8(2)9(12)6-14/h3-4,8-9H,5-6,12H2,1-2H3. The summed E-state index contributed by atoms with van der Waals surface area (Å²) in [6, 6.07) is 1.90. The minimum atomic E-state index is -0.412. The van der Waals surface area contributed by atoms with Crippen LogP contribution < -0.4 is 10.6 Å². The molecule has 6 heteroatoms. The second-order valence-electron chi connectivity index (χ2n) is 4.63. The highest BCUT2D eigenvalue weighted by Crippen LogP contribution is 2.25. The number of nitrogens with two attached hydrogens (primary N) is 1. The van der Waals surface area contributed by atoms with Crippen molar-refractivity contribution in [2.75, 3.05) is 18.0 Å². The van der Waals surface area contributed by atoms with E-state index in [0.717, 1.165) is 18.9 Å². The second kappa shape index (κ2) is 4.29. The van der Waals surface area contributed by atoms with Crippen LogP contribution in [0.2, 0.25) is 0 Å². The van der Waals surface area contributed by atoms with E-state index < -0.39 is 4.92 Å². The molecule has 2 unspecified atom stereocenters. The molecule has 0 amide bonds. The molecule has 1 saturated heterocycles. The fourth-order valence-corrected chi connectivity index (χ4v) is 2.08. The van der Waals surface area contributed by atoms with Crippen molar-refractivity contribution in [1.82, 2.24) is 4.98 Å². The summed E-state index contributed by atoms with van der Waals surface area (Å²) in [5.41, 5.74) is 6.64. The molecule has 0 saturated carbocycles. The van der Waals surface area contributed by atoms with Gasteiger partial charge in [0, 0.05) is 24.7 Å². The lowest BCUT2D eigenvalue weighted by Crippen LogP contribution is -2.28. The summed E-state index contributed by atoms with van der Waals surface area (Å²) in [5, 5.41) is 10.7. The number of rotatable bonds is 2. The van der Waals surface area contributed by atoms with Crippen LogP contribution in [0.4, 0.5) is 11.5 Å². The minimum Gasteiger partial charge on any atom is -0.355 e. The van der Waals surface area contributed by atoms with Gasteiger partial charge in [0.15, 0.2) is 0 Å². The summed E-state index contributed by atoms with van der Waals surface area (Å²) in [7, 11) is 0. The average molecular weight is 236 g/mol. The molecule has 0 spiro atoms. The smallest absolute Gasteiger partial charge is 0.290 e. The van der Waals surface area contributed by atoms with Crippen LogP contribution in [0.3, 0.4) is 0 Å². The van der Waals surface area contributed by atoms with Gasteiger partial charge in [0.1, 0.15) is 12.0 Å². The molecule has 0 aliphatic carbocycles. The van der Waals surface area contributed by atoms with Crippen LogP contribution in [-0.4, -0.2) is 29.0 Å². The van der Waals surface area contributed by atoms with Gasteiger partial charge in [0.25, 0.3) is 5.69 Å². The van der Waals surface area contributed by atoms with E-state index in [9.17, 15) is 10.1 Å². The molecule has 1 aromatic heterocycles. The summed E-state index contributed by atoms with van der Waals surface area (Å²) in [6.07, 6.45) is 1.32. The Kier molecular flexibility index (Phi) is 2.97. The zero-order valence-electron chi connectivity index (χ0n) is 9.96. The SMILES string of the molecule is Cc1cc(N2CC(C)C(N)C2)ncc1[N+](=O)[O-]. The third kappa shape index (κ3) is 2.21. The predicted molar refractivity (Wildman–Crippen MR) is 65.0 cm³/mol. The molecule has 2 N–H and O–H groups in total. The highest BCUT2D eigenvalue weighted by Gasteiger charge is 2.28. The van der Waals surface area contributed by atoms with Crippen molar-refractivity contribution in [3.8, 4) is 0 Å². The molecule has 1 aliphatic rings. The maximum absolute atomic E-state index is 10.7. The average Bonchev–Trinajstić information content (AvgIpc) is 2.58. The summed E-state index contributed by atoms with van der Waals surface area (Å²) in [4.78, 5) is 16.5. The zero-order valence-corrected chi connectivity index (χ0v) is 9.96. The van der Waals surface area contributed by atoms with Gasteiger partial charge in [-0.3, -0.25) is 10.1 Å². The van der Waals surface area contributed by atoms with Crippen molar-refractivity contribution in [3.63, 3.8) is 0 Å². The van der Waals surface area contributed by atoms with Crippen LogP contribution in [0.25, 0.3) is 0 Å². The Hall–Kier alpha value is -1.69. The van der Waals surface area contributed by atoms with E-state index in [1.165, 1.54) is 6.20 Å². The first-order valence-electron chi connectivity index (χ1n) is 5.60. The summed E-state index contributed by atoms with van der Waals surface area (Å²) < 4.78 is 0. The number of nitro groups is 1. The Balaban J connectivity index is 2.24. The predicted octanol–water partition coefficient (Wildman–Crippen LogP) is 1.08. The second-order valence-corrected chi connectivity index (χ2v) is 4.63. The van der Waals surface area contributed by atoms with Crippen molar-refractivity contribution in [1.29, 1.82) is 0 Å². The van der Waals surface area contributed by atoms with E-state index in [2.05, 4.69) is 16.8 Å². The van der Waals surface area contributed by atoms with Gasteiger partial charge < -0.3 is 10.6 Å². The molecule has 17 heavy (non-hydrogen) atoms. The number of aryl methyl sites for hydroxylation is 1. The van der Waals surface area contributed by atoms with Gasteiger partial charge in [-0.25, -0.2) is 4.98 Å². The number of hydrogen-bond donors (Lipinski definition) is 1. The molecule has 2 rings (SSSR count). The van der Waals surface area contributed by atoms with Gasteiger partial charge >= 0.3 is 0 Å². The Morgan fingerprint density at radius 1 is 1.59 bits per heavy atom. The van der Waals surface area contributed by atoms with Gasteiger partial charge in [0.05, 0.1) is 4.92 Å². The molecule has 1 fully saturated rings. The van der Waals surface area contributed by atoms with Gasteiger partial charge in [0.2, 0.25) is 0 Å². The normalized spacial score (nSPS) is 24.1. The Morgan fingerprint density at radius 3 is 2.76 bits per heavy atom. The Morgan fingerprint density at radius 2 is 2.29 bits per heavy atom. The van der Waals surface area contributed by atoms with Crippen LogP contribution in [0, 0.1) is 23.0 Å². The molecule has 2 heterocycles. The van der Waals surface area contributed by atoms with Crippen molar-refractivity contribution in [3.05, 3.63) is 27.9 Å². The molecule has 1 aliphatic heterocycles. The number of anilines is 1. The fourth-order valence-electron chi connectivity index (χ4n) is 2.08. The highest BCUT2D eigenvalue weighted by atomic mass is 16.6. The van der Waals surface area contributed by atoms with E-state index in [-0.39, 0.29) is 11.7 Å². The number of nitrogens with zero attached hydrogens (tertiary/aromatic N) is 3. The molecule has 1 aromatic rings. The quantitative estimate of drug-likeness (QED) is 0.613. The van der Waals surface area contributed by atoms with Gasteiger partial charge in [-0.2, -0.15) is 0 Å². The molecular weight excluding hydrogens is 220 g/mol. The summed E-state index contributed by atoms with van der Waals surface area (Å²) in [6.45, 7) is 5.43. The van der Waals surface area contributed by atoms with E-state index in [1.807, 2.05) is 0 Å². The van der Waals surface area contributed by atoms with Gasteiger partial charge in [-0.1, -0.05) is 6.92 Å². The molecule has 2 atom stereocenters. The van der Waals surface area contributed by atoms with E-state index in [4.69, 9.17) is 5.73 Å². The molecule has 92 valence electrons. The third-order valence-corrected chi connectivity index (χ3v) is 3.26. The first-order valence-corrected chi connectivity index (χ1v) is 5.60. The van der Waals surface area contributed by atoms with E-state index in [1.54, 1.807) is 13.0 Å². The molecule has 0 bridgehead atoms. The minimum absolute atomic E-state index is 0.0605. The third-order valence-electron chi connectivity index (χ3n) is 3.26. The van der Waals surface area contributed by atoms with Crippen LogP contribution in [0.1, 0.15) is 12.5 Å². The van der Waals surface area contributed by atoms with Gasteiger partial charge in [-0.05, 0) is 18.9 Å². The lowest BCUT2D eigenvalue weighted by molar-refractivity contribution is -0.385. The van der Waals surface area contributed by atoms with Crippen LogP contribution in [-0.2, 0) is 0 Å². The zero-order chi connectivity index (χ0) is 12.6. The largest absolute Gasteiger partial charge is 0.355 e. The first kappa shape index (κ1) is 11.8. The summed E-state index contributed by atoms with van der Waals surface area (Å²) >= 11 is 0. The topological polar surface area (TPSA) is 85.3 Å². The van der Waals surface area contributed by atoms with E-state index >= 15 is 0 Å². The molecule has 0 radical (unpaired) electrons. The van der Waals surface area contributed by atoms with Crippen LogP contribution in [0.15, 0.2) is 12.3 Å². The molecule has 6 nitrogen and oxygen atoms in total. The molecule has 0 aromatic carbocycles. The first-order chi connectivity index (χ1) is 7.99. The van der Waals surface area contributed by atoms with Gasteiger partial charge in [-0.15, -0.1) is 0 Å². The lowest BCUT2D eigenvalue weighted by Gasteiger charge is -2.17. The monoisotopic (exact) mass is 236 g/mol. The highest BCUT2D eigenvalue weighted by molar-refractivity contribution is 5.49. The maximum Gasteiger partial charge on any atom is 0.290 e. The van der Waals surface area contributed by atoms with Crippen molar-refractivity contribution >= 4 is 11.5 Å². The Labute approximate surface area is 99.6 Å². The summed E-state index contributed by atoms with van der Waals surface area (Å²) in [5.74, 6) is 1.19. The number of aromatic nitrogens is 1. The number of hydrogen-bond acceptors (Lipinski definition) is 5. The molecular formula is C11H16N4O2. The maximum atomic E-state index is 10.7. The Bertz CT molecular complexity index is 439.